The van der Waals surface area contributed by atoms with Crippen LogP contribution in [0.4, 0.5) is 0 Å². The molecule has 2 aliphatic rings. The Morgan fingerprint density at radius 1 is 1.35 bits per heavy atom. The summed E-state index contributed by atoms with van der Waals surface area (Å²) in [5.41, 5.74) is 0. The number of fused-ring (bicyclic) bond motifs is 1. The zero-order valence-electron chi connectivity index (χ0n) is 18.2. The highest BCUT2D eigenvalue weighted by Crippen LogP contribution is 2.35. The third-order valence-electron chi connectivity index (χ3n) is 6.03. The number of nitrogens with zero attached hydrogens (tertiary/aromatic N) is 2. The van der Waals surface area contributed by atoms with Gasteiger partial charge in [-0.2, -0.15) is 4.31 Å². The van der Waals surface area contributed by atoms with E-state index in [-0.39, 0.29) is 41.5 Å². The van der Waals surface area contributed by atoms with E-state index in [4.69, 9.17) is 9.47 Å². The average molecular weight is 519 g/mol. The van der Waals surface area contributed by atoms with Crippen molar-refractivity contribution in [1.29, 1.82) is 0 Å². The fourth-order valence-electron chi connectivity index (χ4n) is 4.03. The van der Waals surface area contributed by atoms with Gasteiger partial charge in [-0.1, -0.05) is 22.9 Å². The van der Waals surface area contributed by atoms with Gasteiger partial charge in [-0.05, 0) is 38.0 Å². The molecule has 0 spiro atoms. The molecule has 3 rings (SSSR count). The van der Waals surface area contributed by atoms with E-state index in [0.29, 0.717) is 37.1 Å². The second-order valence-electron chi connectivity index (χ2n) is 8.44. The van der Waals surface area contributed by atoms with E-state index >= 15 is 0 Å². The number of rotatable bonds is 5. The number of carbonyl (C=O) groups excluding carboxylic acids is 1. The first kappa shape index (κ1) is 24.4. The van der Waals surface area contributed by atoms with Crippen LogP contribution in [0.2, 0.25) is 0 Å². The molecule has 0 bridgehead atoms. The Kier molecular flexibility index (Phi) is 8.01. The predicted molar refractivity (Wildman–Crippen MR) is 119 cm³/mol. The molecule has 31 heavy (non-hydrogen) atoms. The van der Waals surface area contributed by atoms with Crippen molar-refractivity contribution in [2.75, 3.05) is 40.0 Å². The second-order valence-corrected chi connectivity index (χ2v) is 11.2. The quantitative estimate of drug-likeness (QED) is 0.641. The van der Waals surface area contributed by atoms with Crippen LogP contribution in [0.25, 0.3) is 0 Å². The summed E-state index contributed by atoms with van der Waals surface area (Å²) >= 11 is 3.39. The maximum atomic E-state index is 13.3. The predicted octanol–water partition coefficient (Wildman–Crippen LogP) is 2.10. The van der Waals surface area contributed by atoms with E-state index in [1.54, 1.807) is 31.0 Å². The molecule has 1 amide bonds. The summed E-state index contributed by atoms with van der Waals surface area (Å²) in [6.07, 6.45) is 1.01. The normalized spacial score (nSPS) is 25.6. The Labute approximate surface area is 192 Å². The van der Waals surface area contributed by atoms with E-state index in [0.717, 1.165) is 0 Å². The third-order valence-corrected chi connectivity index (χ3v) is 8.54. The number of sulfonamides is 1. The molecule has 0 unspecified atom stereocenters. The smallest absolute Gasteiger partial charge is 0.247 e. The molecular formula is C21H31BrN2O6S. The molecular weight excluding hydrogens is 488 g/mol. The summed E-state index contributed by atoms with van der Waals surface area (Å²) in [5, 5.41) is 9.68. The van der Waals surface area contributed by atoms with Crippen LogP contribution in [0.3, 0.4) is 0 Å². The summed E-state index contributed by atoms with van der Waals surface area (Å²) in [6.45, 7) is 5.01. The molecule has 0 radical (unpaired) electrons. The number of aliphatic hydroxyl groups excluding tert-OH is 1. The lowest BCUT2D eigenvalue weighted by molar-refractivity contribution is -0.138. The molecule has 1 fully saturated rings. The molecule has 3 atom stereocenters. The molecule has 0 aliphatic carbocycles. The van der Waals surface area contributed by atoms with Gasteiger partial charge in [-0.15, -0.1) is 0 Å². The van der Waals surface area contributed by atoms with E-state index in [2.05, 4.69) is 15.9 Å². The molecule has 174 valence electrons. The second kappa shape index (κ2) is 10.2. The van der Waals surface area contributed by atoms with Gasteiger partial charge < -0.3 is 19.5 Å². The fourth-order valence-corrected chi connectivity index (χ4v) is 6.20. The Balaban J connectivity index is 1.91. The Morgan fingerprint density at radius 2 is 2.03 bits per heavy atom. The summed E-state index contributed by atoms with van der Waals surface area (Å²) in [4.78, 5) is 14.7. The van der Waals surface area contributed by atoms with Gasteiger partial charge >= 0.3 is 0 Å². The zero-order chi connectivity index (χ0) is 22.8. The number of halogens is 1. The van der Waals surface area contributed by atoms with Gasteiger partial charge in [0.1, 0.15) is 16.7 Å². The van der Waals surface area contributed by atoms with Crippen LogP contribution in [0, 0.1) is 11.8 Å². The van der Waals surface area contributed by atoms with Crippen molar-refractivity contribution >= 4 is 31.9 Å². The molecule has 2 heterocycles. The Bertz CT molecular complexity index is 890. The standard InChI is InChI=1S/C21H31BrN2O6S/c1-14-11-24(15(2)13-25)31(27,28)20-5-4-17(22)10-18(20)30-19(14)12-23(3)21(26)16-6-8-29-9-7-16/h4-5,10,14-16,19,25H,6-9,11-13H2,1-3H3/t14-,15+,19+/m1/s1. The number of hydrogen-bond acceptors (Lipinski definition) is 6. The Hall–Kier alpha value is -1.20. The maximum absolute atomic E-state index is 13.3. The van der Waals surface area contributed by atoms with Crippen molar-refractivity contribution in [2.45, 2.75) is 43.7 Å². The molecule has 8 nitrogen and oxygen atoms in total. The summed E-state index contributed by atoms with van der Waals surface area (Å²) in [6, 6.07) is 4.22. The monoisotopic (exact) mass is 518 g/mol. The molecule has 0 saturated carbocycles. The lowest BCUT2D eigenvalue weighted by atomic mass is 9.97. The molecule has 1 aromatic carbocycles. The molecule has 1 saturated heterocycles. The van der Waals surface area contributed by atoms with Crippen molar-refractivity contribution in [1.82, 2.24) is 9.21 Å². The summed E-state index contributed by atoms with van der Waals surface area (Å²) in [5.74, 6) is 0.0352. The molecule has 1 N–H and O–H groups in total. The minimum atomic E-state index is -3.86. The maximum Gasteiger partial charge on any atom is 0.247 e. The number of hydrogen-bond donors (Lipinski definition) is 1. The Morgan fingerprint density at radius 3 is 2.68 bits per heavy atom. The van der Waals surface area contributed by atoms with Gasteiger partial charge in [0.2, 0.25) is 15.9 Å². The first-order chi connectivity index (χ1) is 14.6. The number of ether oxygens (including phenoxy) is 2. The van der Waals surface area contributed by atoms with Gasteiger partial charge in [-0.25, -0.2) is 8.42 Å². The lowest BCUT2D eigenvalue weighted by Crippen LogP contribution is -2.50. The molecule has 1 aromatic rings. The largest absolute Gasteiger partial charge is 0.487 e. The lowest BCUT2D eigenvalue weighted by Gasteiger charge is -2.38. The molecule has 10 heteroatoms. The number of carbonyl (C=O) groups is 1. The topological polar surface area (TPSA) is 96.4 Å². The van der Waals surface area contributed by atoms with E-state index in [9.17, 15) is 18.3 Å². The minimum absolute atomic E-state index is 0.0591. The van der Waals surface area contributed by atoms with E-state index < -0.39 is 22.2 Å². The van der Waals surface area contributed by atoms with Crippen LogP contribution in [0.15, 0.2) is 27.6 Å². The van der Waals surface area contributed by atoms with E-state index in [1.807, 2.05) is 6.92 Å². The van der Waals surface area contributed by atoms with Gasteiger partial charge in [0.15, 0.2) is 0 Å². The highest BCUT2D eigenvalue weighted by atomic mass is 79.9. The fraction of sp³-hybridized carbons (Fsp3) is 0.667. The van der Waals surface area contributed by atoms with Gasteiger partial charge in [0.25, 0.3) is 0 Å². The van der Waals surface area contributed by atoms with Crippen LogP contribution in [0.5, 0.6) is 5.75 Å². The van der Waals surface area contributed by atoms with Crippen molar-refractivity contribution < 1.29 is 27.8 Å². The molecule has 0 aromatic heterocycles. The first-order valence-electron chi connectivity index (χ1n) is 10.6. The van der Waals surface area contributed by atoms with Crippen LogP contribution in [-0.4, -0.2) is 80.7 Å². The number of likely N-dealkylation sites (N-methyl/N-ethyl adjacent to an activating group) is 1. The summed E-state index contributed by atoms with van der Waals surface area (Å²) < 4.78 is 40.2. The zero-order valence-corrected chi connectivity index (χ0v) is 20.6. The highest BCUT2D eigenvalue weighted by molar-refractivity contribution is 9.10. The number of benzene rings is 1. The summed E-state index contributed by atoms with van der Waals surface area (Å²) in [7, 11) is -2.09. The van der Waals surface area contributed by atoms with Gasteiger partial charge in [0, 0.05) is 49.2 Å². The van der Waals surface area contributed by atoms with Crippen LogP contribution < -0.4 is 4.74 Å². The first-order valence-corrected chi connectivity index (χ1v) is 12.8. The van der Waals surface area contributed by atoms with Crippen molar-refractivity contribution in [3.05, 3.63) is 22.7 Å². The average Bonchev–Trinajstić information content (AvgIpc) is 2.75. The number of amides is 1. The SMILES string of the molecule is C[C@@H]1CN([C@@H](C)CO)S(=O)(=O)c2ccc(Br)cc2O[C@H]1CN(C)C(=O)C1CCOCC1. The van der Waals surface area contributed by atoms with Gasteiger partial charge in [0.05, 0.1) is 13.2 Å². The van der Waals surface area contributed by atoms with E-state index in [1.165, 1.54) is 10.4 Å². The highest BCUT2D eigenvalue weighted by Gasteiger charge is 2.38. The van der Waals surface area contributed by atoms with Crippen molar-refractivity contribution in [3.8, 4) is 5.75 Å². The number of aliphatic hydroxyl groups is 1. The van der Waals surface area contributed by atoms with Crippen molar-refractivity contribution in [3.63, 3.8) is 0 Å². The van der Waals surface area contributed by atoms with Crippen molar-refractivity contribution in [2.24, 2.45) is 11.8 Å². The van der Waals surface area contributed by atoms with Crippen LogP contribution in [0.1, 0.15) is 26.7 Å². The molecule has 2 aliphatic heterocycles. The minimum Gasteiger partial charge on any atom is -0.487 e. The van der Waals surface area contributed by atoms with Crippen LogP contribution >= 0.6 is 15.9 Å². The third kappa shape index (κ3) is 5.42. The van der Waals surface area contributed by atoms with Gasteiger partial charge in [-0.3, -0.25) is 4.79 Å². The van der Waals surface area contributed by atoms with Crippen LogP contribution in [-0.2, 0) is 19.6 Å².